The lowest BCUT2D eigenvalue weighted by Crippen LogP contribution is -2.50. The maximum absolute atomic E-state index is 13.4. The summed E-state index contributed by atoms with van der Waals surface area (Å²) < 4.78 is 53.2. The molecule has 130 valence electrons. The van der Waals surface area contributed by atoms with Gasteiger partial charge < -0.3 is 5.32 Å². The van der Waals surface area contributed by atoms with E-state index in [1.807, 2.05) is 0 Å². The lowest BCUT2D eigenvalue weighted by molar-refractivity contribution is 0.376. The van der Waals surface area contributed by atoms with Crippen LogP contribution in [0.5, 0.6) is 0 Å². The van der Waals surface area contributed by atoms with E-state index in [0.29, 0.717) is 31.5 Å². The van der Waals surface area contributed by atoms with Gasteiger partial charge in [-0.1, -0.05) is 12.1 Å². The molecular formula is C15H21ClF2N2O2S. The minimum Gasteiger partial charge on any atom is -0.315 e. The molecule has 0 spiro atoms. The van der Waals surface area contributed by atoms with Crippen LogP contribution in [0.15, 0.2) is 30.9 Å². The molecule has 8 heteroatoms. The van der Waals surface area contributed by atoms with E-state index in [2.05, 4.69) is 16.6 Å². The van der Waals surface area contributed by atoms with Gasteiger partial charge in [-0.15, -0.1) is 19.0 Å². The van der Waals surface area contributed by atoms with Gasteiger partial charge in [-0.2, -0.15) is 0 Å². The second-order valence-electron chi connectivity index (χ2n) is 5.39. The molecule has 1 aliphatic heterocycles. The van der Waals surface area contributed by atoms with Crippen LogP contribution in [0.4, 0.5) is 8.78 Å². The van der Waals surface area contributed by atoms with E-state index in [1.54, 1.807) is 6.08 Å². The van der Waals surface area contributed by atoms with Gasteiger partial charge in [-0.05, 0) is 37.1 Å². The molecule has 1 aliphatic rings. The number of allylic oxidation sites excluding steroid dienone is 1. The van der Waals surface area contributed by atoms with E-state index in [-0.39, 0.29) is 30.1 Å². The average molecular weight is 367 g/mol. The summed E-state index contributed by atoms with van der Waals surface area (Å²) in [6.45, 7) is 4.67. The fraction of sp³-hybridized carbons (Fsp3) is 0.467. The van der Waals surface area contributed by atoms with Crippen molar-refractivity contribution in [2.75, 3.05) is 18.8 Å². The molecule has 1 aromatic carbocycles. The van der Waals surface area contributed by atoms with E-state index in [0.717, 1.165) is 12.1 Å². The van der Waals surface area contributed by atoms with Gasteiger partial charge in [0.25, 0.3) is 0 Å². The van der Waals surface area contributed by atoms with E-state index >= 15 is 0 Å². The molecule has 0 aliphatic carbocycles. The van der Waals surface area contributed by atoms with Crippen molar-refractivity contribution in [3.05, 3.63) is 48.1 Å². The average Bonchev–Trinajstić information content (AvgIpc) is 2.48. The highest BCUT2D eigenvalue weighted by Gasteiger charge is 2.30. The first-order chi connectivity index (χ1) is 10.4. The Morgan fingerprint density at radius 2 is 2.09 bits per heavy atom. The zero-order valence-electron chi connectivity index (χ0n) is 12.6. The number of hydrogen-bond acceptors (Lipinski definition) is 3. The van der Waals surface area contributed by atoms with Gasteiger partial charge in [0.05, 0.1) is 5.75 Å². The minimum absolute atomic E-state index is 0. The number of hydrogen-bond donors (Lipinski definition) is 2. The van der Waals surface area contributed by atoms with Crippen LogP contribution in [0.3, 0.4) is 0 Å². The fourth-order valence-corrected chi connectivity index (χ4v) is 3.96. The van der Waals surface area contributed by atoms with Crippen LogP contribution >= 0.6 is 12.4 Å². The van der Waals surface area contributed by atoms with E-state index in [1.165, 1.54) is 6.07 Å². The lowest BCUT2D eigenvalue weighted by atomic mass is 9.86. The van der Waals surface area contributed by atoms with Crippen molar-refractivity contribution in [3.63, 3.8) is 0 Å². The molecule has 0 radical (unpaired) electrons. The monoisotopic (exact) mass is 366 g/mol. The SMILES string of the molecule is C=CCCS(=O)(=O)NC1CNCCC1c1ccc(F)c(F)c1.Cl. The Morgan fingerprint density at radius 1 is 1.35 bits per heavy atom. The second-order valence-corrected chi connectivity index (χ2v) is 7.27. The summed E-state index contributed by atoms with van der Waals surface area (Å²) in [6, 6.07) is 3.36. The van der Waals surface area contributed by atoms with Gasteiger partial charge in [0.1, 0.15) is 0 Å². The van der Waals surface area contributed by atoms with Crippen LogP contribution in [0.2, 0.25) is 0 Å². The Hall–Kier alpha value is -1.02. The van der Waals surface area contributed by atoms with Crippen molar-refractivity contribution >= 4 is 22.4 Å². The second kappa shape index (κ2) is 8.73. The molecule has 0 bridgehead atoms. The predicted molar refractivity (Wildman–Crippen MR) is 89.4 cm³/mol. The van der Waals surface area contributed by atoms with E-state index in [9.17, 15) is 17.2 Å². The summed E-state index contributed by atoms with van der Waals surface area (Å²) in [6.07, 6.45) is 2.57. The van der Waals surface area contributed by atoms with Crippen molar-refractivity contribution < 1.29 is 17.2 Å². The number of rotatable bonds is 6. The van der Waals surface area contributed by atoms with Crippen molar-refractivity contribution in [3.8, 4) is 0 Å². The first kappa shape index (κ1) is 20.0. The fourth-order valence-electron chi connectivity index (χ4n) is 2.65. The third-order valence-electron chi connectivity index (χ3n) is 3.78. The van der Waals surface area contributed by atoms with Crippen molar-refractivity contribution in [2.24, 2.45) is 0 Å². The van der Waals surface area contributed by atoms with Crippen LogP contribution in [-0.4, -0.2) is 33.3 Å². The summed E-state index contributed by atoms with van der Waals surface area (Å²) in [5, 5.41) is 3.12. The molecule has 0 saturated carbocycles. The third kappa shape index (κ3) is 5.53. The summed E-state index contributed by atoms with van der Waals surface area (Å²) in [7, 11) is -3.43. The molecule has 4 nitrogen and oxygen atoms in total. The van der Waals surface area contributed by atoms with Gasteiger partial charge in [0.15, 0.2) is 11.6 Å². The molecule has 0 aromatic heterocycles. The van der Waals surface area contributed by atoms with Gasteiger partial charge in [-0.25, -0.2) is 21.9 Å². The molecule has 2 unspecified atom stereocenters. The smallest absolute Gasteiger partial charge is 0.212 e. The number of halogens is 3. The molecule has 2 atom stereocenters. The summed E-state index contributed by atoms with van der Waals surface area (Å²) >= 11 is 0. The highest BCUT2D eigenvalue weighted by Crippen LogP contribution is 2.27. The third-order valence-corrected chi connectivity index (χ3v) is 5.21. The Bertz CT molecular complexity index is 640. The molecule has 1 heterocycles. The molecule has 1 aromatic rings. The first-order valence-electron chi connectivity index (χ1n) is 7.19. The molecular weight excluding hydrogens is 346 g/mol. The van der Waals surface area contributed by atoms with Gasteiger partial charge in [0.2, 0.25) is 10.0 Å². The quantitative estimate of drug-likeness (QED) is 0.760. The van der Waals surface area contributed by atoms with Crippen LogP contribution < -0.4 is 10.0 Å². The maximum atomic E-state index is 13.4. The minimum atomic E-state index is -3.43. The number of sulfonamides is 1. The Balaban J connectivity index is 0.00000264. The van der Waals surface area contributed by atoms with Crippen LogP contribution in [0.1, 0.15) is 24.3 Å². The number of benzene rings is 1. The van der Waals surface area contributed by atoms with Crippen LogP contribution in [0, 0.1) is 11.6 Å². The van der Waals surface area contributed by atoms with Gasteiger partial charge in [0, 0.05) is 18.5 Å². The highest BCUT2D eigenvalue weighted by atomic mass is 35.5. The maximum Gasteiger partial charge on any atom is 0.212 e. The van der Waals surface area contributed by atoms with Crippen LogP contribution in [-0.2, 0) is 10.0 Å². The molecule has 1 fully saturated rings. The summed E-state index contributed by atoms with van der Waals surface area (Å²) in [5.41, 5.74) is 0.608. The molecule has 2 rings (SSSR count). The Morgan fingerprint density at radius 3 is 2.74 bits per heavy atom. The highest BCUT2D eigenvalue weighted by molar-refractivity contribution is 7.89. The van der Waals surface area contributed by atoms with E-state index < -0.39 is 21.7 Å². The normalized spacial score (nSPS) is 21.5. The zero-order chi connectivity index (χ0) is 16.2. The van der Waals surface area contributed by atoms with Crippen LogP contribution in [0.25, 0.3) is 0 Å². The lowest BCUT2D eigenvalue weighted by Gasteiger charge is -2.33. The summed E-state index contributed by atoms with van der Waals surface area (Å²) in [5.74, 6) is -2.03. The van der Waals surface area contributed by atoms with Crippen molar-refractivity contribution in [1.29, 1.82) is 0 Å². The molecule has 2 N–H and O–H groups in total. The van der Waals surface area contributed by atoms with Gasteiger partial charge in [-0.3, -0.25) is 0 Å². The zero-order valence-corrected chi connectivity index (χ0v) is 14.2. The largest absolute Gasteiger partial charge is 0.315 e. The number of nitrogens with one attached hydrogen (secondary N) is 2. The first-order valence-corrected chi connectivity index (χ1v) is 8.85. The summed E-state index contributed by atoms with van der Waals surface area (Å²) in [4.78, 5) is 0. The standard InChI is InChI=1S/C15H20F2N2O2S.ClH/c1-2-3-8-22(20,21)19-15-10-18-7-6-12(15)11-4-5-13(16)14(17)9-11;/h2,4-5,9,12,15,18-19H,1,3,6-8,10H2;1H. The predicted octanol–water partition coefficient (Wildman–Crippen LogP) is 2.33. The molecule has 23 heavy (non-hydrogen) atoms. The Labute approximate surface area is 141 Å². The number of piperidine rings is 1. The van der Waals surface area contributed by atoms with Crippen molar-refractivity contribution in [1.82, 2.24) is 10.0 Å². The van der Waals surface area contributed by atoms with E-state index in [4.69, 9.17) is 0 Å². The molecule has 0 amide bonds. The van der Waals surface area contributed by atoms with Crippen molar-refractivity contribution in [2.45, 2.75) is 24.8 Å². The molecule has 1 saturated heterocycles. The Kier molecular flexibility index (Phi) is 7.60. The topological polar surface area (TPSA) is 58.2 Å². The van der Waals surface area contributed by atoms with Gasteiger partial charge >= 0.3 is 0 Å².